The number of carbonyl (C=O) groups excluding carboxylic acids is 1. The molecule has 0 saturated heterocycles. The summed E-state index contributed by atoms with van der Waals surface area (Å²) in [6.07, 6.45) is 5.19. The second kappa shape index (κ2) is 7.11. The van der Waals surface area contributed by atoms with Gasteiger partial charge in [-0.2, -0.15) is 0 Å². The van der Waals surface area contributed by atoms with E-state index in [1.54, 1.807) is 6.07 Å². The number of aliphatic hydroxyl groups excluding tert-OH is 1. The number of anilines is 1. The zero-order chi connectivity index (χ0) is 18.1. The lowest BCUT2D eigenvalue weighted by Crippen LogP contribution is -2.34. The molecule has 0 unspecified atom stereocenters. The lowest BCUT2D eigenvalue weighted by molar-refractivity contribution is 0.0488. The van der Waals surface area contributed by atoms with E-state index >= 15 is 0 Å². The standard InChI is InChI=1S/C20H23NO5/c22-9-1-2-10-25-19(23)16-12-14-11-13-5-3-7-21-8-4-6-15(17(13)21)18(14)26-20(16)24/h11-12,22H,1-10H2. The van der Waals surface area contributed by atoms with Crippen LogP contribution in [0.3, 0.4) is 0 Å². The number of aryl methyl sites for hydroxylation is 2. The summed E-state index contributed by atoms with van der Waals surface area (Å²) in [6, 6.07) is 3.66. The Morgan fingerprint density at radius 2 is 2.00 bits per heavy atom. The Morgan fingerprint density at radius 3 is 2.81 bits per heavy atom. The molecular formula is C20H23NO5. The first-order chi connectivity index (χ1) is 12.7. The molecule has 2 aromatic rings. The first-order valence-corrected chi connectivity index (χ1v) is 9.34. The minimum atomic E-state index is -0.661. The Morgan fingerprint density at radius 1 is 1.19 bits per heavy atom. The van der Waals surface area contributed by atoms with Crippen molar-refractivity contribution in [3.63, 3.8) is 0 Å². The summed E-state index contributed by atoms with van der Waals surface area (Å²) >= 11 is 0. The Bertz CT molecular complexity index is 899. The van der Waals surface area contributed by atoms with Crippen LogP contribution in [0.25, 0.3) is 11.0 Å². The van der Waals surface area contributed by atoms with Gasteiger partial charge in [-0.25, -0.2) is 9.59 Å². The highest BCUT2D eigenvalue weighted by Gasteiger charge is 2.27. The monoisotopic (exact) mass is 357 g/mol. The molecule has 4 rings (SSSR count). The zero-order valence-electron chi connectivity index (χ0n) is 14.8. The number of fused-ring (bicyclic) bond motifs is 2. The van der Waals surface area contributed by atoms with Crippen molar-refractivity contribution in [3.05, 3.63) is 39.2 Å². The summed E-state index contributed by atoms with van der Waals surface area (Å²) in [5.41, 5.74) is 3.51. The molecule has 138 valence electrons. The summed E-state index contributed by atoms with van der Waals surface area (Å²) in [6.45, 7) is 2.34. The molecule has 0 aliphatic carbocycles. The predicted molar refractivity (Wildman–Crippen MR) is 97.9 cm³/mol. The number of ether oxygens (including phenoxy) is 1. The van der Waals surface area contributed by atoms with Crippen molar-refractivity contribution < 1.29 is 19.1 Å². The van der Waals surface area contributed by atoms with Gasteiger partial charge in [0.05, 0.1) is 6.61 Å². The third-order valence-electron chi connectivity index (χ3n) is 5.22. The molecular weight excluding hydrogens is 334 g/mol. The molecule has 6 nitrogen and oxygen atoms in total. The number of esters is 1. The molecule has 26 heavy (non-hydrogen) atoms. The summed E-state index contributed by atoms with van der Waals surface area (Å²) in [5, 5.41) is 9.57. The molecule has 0 atom stereocenters. The van der Waals surface area contributed by atoms with Crippen molar-refractivity contribution >= 4 is 22.6 Å². The fraction of sp³-hybridized carbons (Fsp3) is 0.500. The van der Waals surface area contributed by atoms with Crippen molar-refractivity contribution in [1.82, 2.24) is 0 Å². The van der Waals surface area contributed by atoms with Crippen LogP contribution >= 0.6 is 0 Å². The molecule has 0 amide bonds. The number of carbonyl (C=O) groups is 1. The average molecular weight is 357 g/mol. The lowest BCUT2D eigenvalue weighted by Gasteiger charge is -2.37. The first-order valence-electron chi connectivity index (χ1n) is 9.34. The van der Waals surface area contributed by atoms with Crippen LogP contribution in [0.1, 0.15) is 47.2 Å². The van der Waals surface area contributed by atoms with Gasteiger partial charge >= 0.3 is 11.6 Å². The van der Waals surface area contributed by atoms with Crippen LogP contribution in [-0.4, -0.2) is 37.4 Å². The van der Waals surface area contributed by atoms with Crippen molar-refractivity contribution in [2.24, 2.45) is 0 Å². The maximum atomic E-state index is 12.4. The SMILES string of the molecule is O=C(OCCCCO)c1cc2cc3c4c(c2oc1=O)CCCN4CCC3. The van der Waals surface area contributed by atoms with Crippen LogP contribution in [0.15, 0.2) is 21.3 Å². The first kappa shape index (κ1) is 17.1. The summed E-state index contributed by atoms with van der Waals surface area (Å²) in [4.78, 5) is 27.0. The molecule has 6 heteroatoms. The van der Waals surface area contributed by atoms with Gasteiger partial charge in [-0.05, 0) is 56.2 Å². The van der Waals surface area contributed by atoms with E-state index in [2.05, 4.69) is 11.0 Å². The Kier molecular flexibility index (Phi) is 4.68. The highest BCUT2D eigenvalue weighted by atomic mass is 16.5. The number of nitrogens with zero attached hydrogens (tertiary/aromatic N) is 1. The molecule has 0 fully saturated rings. The van der Waals surface area contributed by atoms with E-state index in [0.717, 1.165) is 49.7 Å². The van der Waals surface area contributed by atoms with Crippen molar-refractivity contribution in [3.8, 4) is 0 Å². The van der Waals surface area contributed by atoms with Crippen LogP contribution in [0.5, 0.6) is 0 Å². The second-order valence-electron chi connectivity index (χ2n) is 6.99. The topological polar surface area (TPSA) is 80.0 Å². The highest BCUT2D eigenvalue weighted by molar-refractivity contribution is 5.95. The molecule has 0 radical (unpaired) electrons. The molecule has 0 bridgehead atoms. The zero-order valence-corrected chi connectivity index (χ0v) is 14.8. The van der Waals surface area contributed by atoms with Crippen LogP contribution in [0.4, 0.5) is 5.69 Å². The van der Waals surface area contributed by atoms with Gasteiger partial charge in [-0.15, -0.1) is 0 Å². The van der Waals surface area contributed by atoms with Crippen molar-refractivity contribution in [1.29, 1.82) is 0 Å². The van der Waals surface area contributed by atoms with E-state index in [9.17, 15) is 9.59 Å². The third kappa shape index (κ3) is 2.98. The minimum Gasteiger partial charge on any atom is -0.462 e. The van der Waals surface area contributed by atoms with Gasteiger partial charge in [0, 0.05) is 36.3 Å². The number of unbranched alkanes of at least 4 members (excludes halogenated alkanes) is 1. The van der Waals surface area contributed by atoms with E-state index in [-0.39, 0.29) is 18.8 Å². The van der Waals surface area contributed by atoms with Gasteiger partial charge in [-0.1, -0.05) is 0 Å². The largest absolute Gasteiger partial charge is 0.462 e. The number of hydrogen-bond acceptors (Lipinski definition) is 6. The molecule has 0 spiro atoms. The van der Waals surface area contributed by atoms with Crippen LogP contribution < -0.4 is 10.5 Å². The number of benzene rings is 1. The van der Waals surface area contributed by atoms with Crippen LogP contribution in [0, 0.1) is 0 Å². The maximum Gasteiger partial charge on any atom is 0.351 e. The van der Waals surface area contributed by atoms with Gasteiger partial charge in [-0.3, -0.25) is 0 Å². The molecule has 1 aromatic carbocycles. The third-order valence-corrected chi connectivity index (χ3v) is 5.22. The van der Waals surface area contributed by atoms with E-state index in [1.807, 2.05) is 0 Å². The number of hydrogen-bond donors (Lipinski definition) is 1. The Hall–Kier alpha value is -2.34. The Balaban J connectivity index is 1.72. The second-order valence-corrected chi connectivity index (χ2v) is 6.99. The molecule has 1 aromatic heterocycles. The minimum absolute atomic E-state index is 0.0561. The van der Waals surface area contributed by atoms with E-state index in [1.165, 1.54) is 11.3 Å². The van der Waals surface area contributed by atoms with E-state index in [4.69, 9.17) is 14.3 Å². The maximum absolute atomic E-state index is 12.4. The van der Waals surface area contributed by atoms with Gasteiger partial charge in [0.2, 0.25) is 0 Å². The predicted octanol–water partition coefficient (Wildman–Crippen LogP) is 2.42. The summed E-state index contributed by atoms with van der Waals surface area (Å²) in [7, 11) is 0. The summed E-state index contributed by atoms with van der Waals surface area (Å²) in [5.74, 6) is -0.661. The summed E-state index contributed by atoms with van der Waals surface area (Å²) < 4.78 is 10.7. The van der Waals surface area contributed by atoms with Gasteiger partial charge in [0.1, 0.15) is 11.1 Å². The van der Waals surface area contributed by atoms with Gasteiger partial charge in [0.15, 0.2) is 0 Å². The molecule has 3 heterocycles. The van der Waals surface area contributed by atoms with Gasteiger partial charge < -0.3 is 19.2 Å². The Labute approximate surface area is 151 Å². The molecule has 0 saturated carbocycles. The van der Waals surface area contributed by atoms with Crippen molar-refractivity contribution in [2.45, 2.75) is 38.5 Å². The van der Waals surface area contributed by atoms with Crippen molar-refractivity contribution in [2.75, 3.05) is 31.2 Å². The lowest BCUT2D eigenvalue weighted by atomic mass is 9.90. The van der Waals surface area contributed by atoms with E-state index < -0.39 is 11.6 Å². The fourth-order valence-electron chi connectivity index (χ4n) is 4.04. The number of aliphatic hydroxyl groups is 1. The quantitative estimate of drug-likeness (QED) is 0.503. The van der Waals surface area contributed by atoms with Gasteiger partial charge in [0.25, 0.3) is 0 Å². The number of rotatable bonds is 5. The van der Waals surface area contributed by atoms with E-state index in [0.29, 0.717) is 18.4 Å². The average Bonchev–Trinajstić information content (AvgIpc) is 2.66. The highest BCUT2D eigenvalue weighted by Crippen LogP contribution is 2.39. The smallest absolute Gasteiger partial charge is 0.351 e. The molecule has 1 N–H and O–H groups in total. The molecule has 2 aliphatic heterocycles. The van der Waals surface area contributed by atoms with Crippen LogP contribution in [0.2, 0.25) is 0 Å². The fourth-order valence-corrected chi connectivity index (χ4v) is 4.04. The molecule has 2 aliphatic rings. The van der Waals surface area contributed by atoms with Crippen LogP contribution in [-0.2, 0) is 17.6 Å². The normalized spacial score (nSPS) is 15.8.